The van der Waals surface area contributed by atoms with Crippen LogP contribution in [0.25, 0.3) is 0 Å². The molecule has 0 saturated heterocycles. The molecule has 0 heterocycles. The molecule has 0 aromatic carbocycles. The highest BCUT2D eigenvalue weighted by atomic mass is 31.2. The summed E-state index contributed by atoms with van der Waals surface area (Å²) in [7, 11) is 1.46. The summed E-state index contributed by atoms with van der Waals surface area (Å²) in [5.74, 6) is -0.813. The van der Waals surface area contributed by atoms with Crippen molar-refractivity contribution in [1.82, 2.24) is 0 Å². The topological polar surface area (TPSA) is 108 Å². The first-order chi connectivity index (χ1) is 37.0. The van der Waals surface area contributed by atoms with Crippen LogP contribution < -0.4 is 0 Å². The average Bonchev–Trinajstić information content (AvgIpc) is 3.38. The molecular weight excluding hydrogens is 966 g/mol. The first-order valence-electron chi connectivity index (χ1n) is 30.3. The molecule has 0 saturated carbocycles. The summed E-state index contributed by atoms with van der Waals surface area (Å²) in [5, 5.41) is 0. The summed E-state index contributed by atoms with van der Waals surface area (Å²) in [6.07, 6.45) is 79.8. The van der Waals surface area contributed by atoms with Gasteiger partial charge in [0.25, 0.3) is 0 Å². The molecule has 10 heteroatoms. The van der Waals surface area contributed by atoms with Crippen molar-refractivity contribution in [3.8, 4) is 0 Å². The van der Waals surface area contributed by atoms with E-state index in [9.17, 15) is 19.0 Å². The third-order valence-electron chi connectivity index (χ3n) is 12.5. The van der Waals surface area contributed by atoms with Crippen LogP contribution in [0.1, 0.15) is 232 Å². The quantitative estimate of drug-likeness (QED) is 0.0211. The Morgan fingerprint density at radius 1 is 0.408 bits per heavy atom. The minimum atomic E-state index is -4.40. The number of carbonyl (C=O) groups excluding carboxylic acids is 2. The lowest BCUT2D eigenvalue weighted by Gasteiger charge is -2.24. The van der Waals surface area contributed by atoms with Gasteiger partial charge in [-0.05, 0) is 103 Å². The number of allylic oxidation sites excluding steroid dienone is 20. The number of ether oxygens (including phenoxy) is 2. The molecule has 0 aliphatic heterocycles. The van der Waals surface area contributed by atoms with Gasteiger partial charge in [-0.25, -0.2) is 4.57 Å². The van der Waals surface area contributed by atoms with Crippen LogP contribution in [0.15, 0.2) is 122 Å². The third-order valence-corrected chi connectivity index (χ3v) is 13.5. The van der Waals surface area contributed by atoms with Crippen LogP contribution >= 0.6 is 7.82 Å². The molecule has 0 aromatic rings. The maximum atomic E-state index is 12.8. The summed E-state index contributed by atoms with van der Waals surface area (Å²) in [5.41, 5.74) is 0. The highest BCUT2D eigenvalue weighted by molar-refractivity contribution is 7.47. The van der Waals surface area contributed by atoms with Gasteiger partial charge in [-0.2, -0.15) is 0 Å². The summed E-state index contributed by atoms with van der Waals surface area (Å²) in [6.45, 7) is 4.19. The molecule has 0 aliphatic carbocycles. The SMILES string of the molecule is CC/C=C\C/C=C\C/C=C\C/C=C\C/C=C\CCCCCCCCCCCCCC(=O)OC(COC(=O)CCCCCCCCCCC/C=C\C/C=C\C/C=C\C/C=C\C/C=C\CC)COP(=O)(O)OCC[N+](C)(C)C. The van der Waals surface area contributed by atoms with Gasteiger partial charge < -0.3 is 18.9 Å². The number of rotatable bonds is 54. The molecule has 0 rings (SSSR count). The Labute approximate surface area is 467 Å². The zero-order valence-corrected chi connectivity index (χ0v) is 50.1. The number of nitrogens with zero attached hydrogens (tertiary/aromatic N) is 1. The van der Waals surface area contributed by atoms with E-state index in [0.717, 1.165) is 122 Å². The molecule has 0 bridgehead atoms. The fraction of sp³-hybridized carbons (Fsp3) is 0.667. The molecule has 0 amide bonds. The smallest absolute Gasteiger partial charge is 0.462 e. The van der Waals surface area contributed by atoms with Gasteiger partial charge in [-0.3, -0.25) is 18.6 Å². The number of likely N-dealkylation sites (N-methyl/N-ethyl adjacent to an activating group) is 1. The lowest BCUT2D eigenvalue weighted by molar-refractivity contribution is -0.870. The number of carbonyl (C=O) groups is 2. The summed E-state index contributed by atoms with van der Waals surface area (Å²) in [4.78, 5) is 35.8. The van der Waals surface area contributed by atoms with E-state index in [1.165, 1.54) is 77.0 Å². The number of esters is 2. The normalized spacial score (nSPS) is 14.1. The van der Waals surface area contributed by atoms with Crippen LogP contribution in [0.3, 0.4) is 0 Å². The van der Waals surface area contributed by atoms with Crippen molar-refractivity contribution in [1.29, 1.82) is 0 Å². The van der Waals surface area contributed by atoms with Crippen molar-refractivity contribution in [3.05, 3.63) is 122 Å². The maximum absolute atomic E-state index is 12.8. The van der Waals surface area contributed by atoms with Gasteiger partial charge in [0, 0.05) is 12.8 Å². The lowest BCUT2D eigenvalue weighted by Crippen LogP contribution is -2.37. The van der Waals surface area contributed by atoms with Crippen molar-refractivity contribution in [3.63, 3.8) is 0 Å². The van der Waals surface area contributed by atoms with Crippen molar-refractivity contribution in [2.75, 3.05) is 47.5 Å². The minimum absolute atomic E-state index is 0.0239. The summed E-state index contributed by atoms with van der Waals surface area (Å²) < 4.78 is 34.6. The maximum Gasteiger partial charge on any atom is 0.472 e. The molecule has 0 radical (unpaired) electrons. The molecule has 2 atom stereocenters. The number of phosphoric ester groups is 1. The van der Waals surface area contributed by atoms with Crippen molar-refractivity contribution < 1.29 is 42.1 Å². The third kappa shape index (κ3) is 59.7. The van der Waals surface area contributed by atoms with Crippen LogP contribution in [-0.2, 0) is 32.7 Å². The molecule has 2 unspecified atom stereocenters. The van der Waals surface area contributed by atoms with Crippen molar-refractivity contribution >= 4 is 19.8 Å². The monoisotopic (exact) mass is 1080 g/mol. The Morgan fingerprint density at radius 3 is 1.05 bits per heavy atom. The van der Waals surface area contributed by atoms with E-state index in [1.807, 2.05) is 21.1 Å². The van der Waals surface area contributed by atoms with Crippen molar-refractivity contribution in [2.45, 2.75) is 238 Å². The molecule has 0 spiro atoms. The predicted molar refractivity (Wildman–Crippen MR) is 325 cm³/mol. The van der Waals surface area contributed by atoms with E-state index in [2.05, 4.69) is 135 Å². The standard InChI is InChI=1S/C66H112NO8P/c1-6-8-10-12-14-16-18-20-22-24-26-28-30-32-33-35-37-39-41-43-45-47-49-51-53-55-57-59-66(69)75-64(63-74-76(70,71)73-61-60-67(3,4)5)62-72-65(68)58-56-54-52-50-48-46-44-42-40-38-36-34-31-29-27-25-23-21-19-17-15-13-11-9-7-2/h8-11,14-17,20-23,26-29,32-34,36,64H,6-7,12-13,18-19,24-25,30-31,35,37-63H2,1-5H3/p+1/b10-8-,11-9-,16-14-,17-15-,22-20-,23-21-,28-26-,29-27-,33-32-,36-34-. The lowest BCUT2D eigenvalue weighted by atomic mass is 10.0. The van der Waals surface area contributed by atoms with E-state index >= 15 is 0 Å². The van der Waals surface area contributed by atoms with Gasteiger partial charge >= 0.3 is 19.8 Å². The van der Waals surface area contributed by atoms with E-state index < -0.39 is 26.5 Å². The fourth-order valence-electron chi connectivity index (χ4n) is 7.89. The van der Waals surface area contributed by atoms with Gasteiger partial charge in [-0.15, -0.1) is 0 Å². The van der Waals surface area contributed by atoms with E-state index in [1.54, 1.807) is 0 Å². The number of hydrogen-bond acceptors (Lipinski definition) is 7. The van der Waals surface area contributed by atoms with Gasteiger partial charge in [0.2, 0.25) is 0 Å². The van der Waals surface area contributed by atoms with Gasteiger partial charge in [-0.1, -0.05) is 238 Å². The molecule has 0 aliphatic rings. The zero-order chi connectivity index (χ0) is 55.6. The molecule has 0 fully saturated rings. The predicted octanol–water partition coefficient (Wildman–Crippen LogP) is 19.1. The second-order valence-electron chi connectivity index (χ2n) is 21.0. The fourth-order valence-corrected chi connectivity index (χ4v) is 8.63. The zero-order valence-electron chi connectivity index (χ0n) is 49.2. The Morgan fingerprint density at radius 2 is 0.711 bits per heavy atom. The average molecular weight is 1080 g/mol. The minimum Gasteiger partial charge on any atom is -0.462 e. The second kappa shape index (κ2) is 56.1. The van der Waals surface area contributed by atoms with Gasteiger partial charge in [0.1, 0.15) is 19.8 Å². The Balaban J connectivity index is 4.19. The molecule has 9 nitrogen and oxygen atoms in total. The highest BCUT2D eigenvalue weighted by Crippen LogP contribution is 2.43. The molecular formula is C66H113NO8P+. The van der Waals surface area contributed by atoms with E-state index in [4.69, 9.17) is 18.5 Å². The van der Waals surface area contributed by atoms with E-state index in [-0.39, 0.29) is 32.0 Å². The molecule has 0 aromatic heterocycles. The highest BCUT2D eigenvalue weighted by Gasteiger charge is 2.27. The second-order valence-corrected chi connectivity index (χ2v) is 22.4. The van der Waals surface area contributed by atoms with Crippen LogP contribution in [0.5, 0.6) is 0 Å². The van der Waals surface area contributed by atoms with Crippen LogP contribution in [0.2, 0.25) is 0 Å². The first kappa shape index (κ1) is 72.4. The largest absolute Gasteiger partial charge is 0.472 e. The number of quaternary nitrogens is 1. The Kier molecular flexibility index (Phi) is 53.5. The van der Waals surface area contributed by atoms with Crippen molar-refractivity contribution in [2.24, 2.45) is 0 Å². The van der Waals surface area contributed by atoms with Gasteiger partial charge in [0.15, 0.2) is 6.10 Å². The summed E-state index contributed by atoms with van der Waals surface area (Å²) in [6, 6.07) is 0. The first-order valence-corrected chi connectivity index (χ1v) is 31.8. The summed E-state index contributed by atoms with van der Waals surface area (Å²) >= 11 is 0. The van der Waals surface area contributed by atoms with E-state index in [0.29, 0.717) is 17.4 Å². The van der Waals surface area contributed by atoms with Gasteiger partial charge in [0.05, 0.1) is 27.7 Å². The number of phosphoric acid groups is 1. The van der Waals surface area contributed by atoms with Crippen LogP contribution in [0.4, 0.5) is 0 Å². The van der Waals surface area contributed by atoms with Crippen LogP contribution in [-0.4, -0.2) is 74.9 Å². The Hall–Kier alpha value is -3.59. The molecule has 76 heavy (non-hydrogen) atoms. The number of hydrogen-bond donors (Lipinski definition) is 1. The molecule has 434 valence electrons. The Bertz CT molecular complexity index is 1700. The van der Waals surface area contributed by atoms with Crippen LogP contribution in [0, 0.1) is 0 Å². The molecule has 1 N–H and O–H groups in total. The number of unbranched alkanes of at least 4 members (excludes halogenated alkanes) is 20.